The van der Waals surface area contributed by atoms with Gasteiger partial charge in [-0.05, 0) is 56.2 Å². The number of benzene rings is 2. The van der Waals surface area contributed by atoms with E-state index in [1.54, 1.807) is 28.9 Å². The van der Waals surface area contributed by atoms with Gasteiger partial charge in [0.25, 0.3) is 0 Å². The number of aromatic nitrogens is 1. The average molecular weight is 613 g/mol. The predicted molar refractivity (Wildman–Crippen MR) is 167 cm³/mol. The molecule has 3 heterocycles. The van der Waals surface area contributed by atoms with Gasteiger partial charge in [-0.3, -0.25) is 4.90 Å². The van der Waals surface area contributed by atoms with Crippen molar-refractivity contribution in [2.45, 2.75) is 26.4 Å². The number of halogens is 2. The van der Waals surface area contributed by atoms with E-state index in [2.05, 4.69) is 9.88 Å². The van der Waals surface area contributed by atoms with Gasteiger partial charge < -0.3 is 24.2 Å². The quantitative estimate of drug-likeness (QED) is 0.300. The van der Waals surface area contributed by atoms with Gasteiger partial charge in [-0.1, -0.05) is 47.5 Å². The molecule has 0 N–H and O–H groups in total. The summed E-state index contributed by atoms with van der Waals surface area (Å²) >= 11 is 13.2. The second kappa shape index (κ2) is 11.9. The van der Waals surface area contributed by atoms with Gasteiger partial charge in [0.15, 0.2) is 0 Å². The van der Waals surface area contributed by atoms with Crippen LogP contribution in [0.5, 0.6) is 5.75 Å². The summed E-state index contributed by atoms with van der Waals surface area (Å²) in [5, 5.41) is 0.848. The monoisotopic (exact) mass is 611 g/mol. The number of amides is 3. The van der Waals surface area contributed by atoms with Crippen molar-refractivity contribution < 1.29 is 19.1 Å². The number of para-hydroxylation sites is 1. The SMILES string of the molecule is COc1c(-c2cc(Cl)nc(N3CCN(C(=O)OC(C)(C)C)CC3)c2)cccc1-c1ccc(N2CCN(C)C2=O)c(Cl)c1. The Bertz CT molecular complexity index is 1500. The molecule has 0 unspecified atom stereocenters. The number of rotatable bonds is 5. The second-order valence-corrected chi connectivity index (χ2v) is 12.2. The Morgan fingerprint density at radius 2 is 1.60 bits per heavy atom. The fourth-order valence-corrected chi connectivity index (χ4v) is 5.71. The van der Waals surface area contributed by atoms with Crippen molar-refractivity contribution in [3.8, 4) is 28.0 Å². The van der Waals surface area contributed by atoms with E-state index in [1.807, 2.05) is 69.3 Å². The van der Waals surface area contributed by atoms with E-state index in [-0.39, 0.29) is 12.1 Å². The van der Waals surface area contributed by atoms with Gasteiger partial charge in [-0.25, -0.2) is 14.6 Å². The number of methoxy groups -OCH3 is 1. The number of nitrogens with zero attached hydrogens (tertiary/aromatic N) is 5. The molecule has 0 saturated carbocycles. The molecule has 3 amide bonds. The highest BCUT2D eigenvalue weighted by atomic mass is 35.5. The highest BCUT2D eigenvalue weighted by Crippen LogP contribution is 2.42. The standard InChI is InChI=1S/C31H35Cl2N5O4/c1-31(2,3)42-30(40)37-14-12-36(13-15-37)27-19-21(18-26(33)34-27)23-8-6-7-22(28(23)41-5)20-9-10-25(24(32)17-20)38-16-11-35(4)29(38)39/h6-10,17-19H,11-16H2,1-5H3. The zero-order valence-corrected chi connectivity index (χ0v) is 26.0. The van der Waals surface area contributed by atoms with E-state index in [4.69, 9.17) is 32.7 Å². The summed E-state index contributed by atoms with van der Waals surface area (Å²) in [6.07, 6.45) is -0.309. The van der Waals surface area contributed by atoms with E-state index in [0.29, 0.717) is 60.9 Å². The summed E-state index contributed by atoms with van der Waals surface area (Å²) in [4.78, 5) is 36.8. The molecule has 0 bridgehead atoms. The molecule has 42 heavy (non-hydrogen) atoms. The lowest BCUT2D eigenvalue weighted by atomic mass is 9.97. The maximum absolute atomic E-state index is 12.5. The molecular weight excluding hydrogens is 577 g/mol. The van der Waals surface area contributed by atoms with Crippen molar-refractivity contribution in [3.63, 3.8) is 0 Å². The topological polar surface area (TPSA) is 78.5 Å². The predicted octanol–water partition coefficient (Wildman–Crippen LogP) is 6.66. The molecule has 2 saturated heterocycles. The Morgan fingerprint density at radius 3 is 2.19 bits per heavy atom. The molecular formula is C31H35Cl2N5O4. The fourth-order valence-electron chi connectivity index (χ4n) is 5.22. The Morgan fingerprint density at radius 1 is 0.905 bits per heavy atom. The van der Waals surface area contributed by atoms with Gasteiger partial charge in [-0.2, -0.15) is 0 Å². The summed E-state index contributed by atoms with van der Waals surface area (Å²) < 4.78 is 11.5. The summed E-state index contributed by atoms with van der Waals surface area (Å²) in [5.41, 5.74) is 3.57. The fraction of sp³-hybridized carbons (Fsp3) is 0.387. The molecule has 2 aromatic carbocycles. The third kappa shape index (κ3) is 6.22. The molecule has 3 aromatic rings. The van der Waals surface area contributed by atoms with Crippen LogP contribution in [0.3, 0.4) is 0 Å². The molecule has 11 heteroatoms. The van der Waals surface area contributed by atoms with Crippen LogP contribution in [0.2, 0.25) is 10.2 Å². The minimum absolute atomic E-state index is 0.0687. The molecule has 0 radical (unpaired) electrons. The summed E-state index contributed by atoms with van der Waals surface area (Å²) in [6, 6.07) is 15.3. The highest BCUT2D eigenvalue weighted by Gasteiger charge is 2.29. The number of carbonyl (C=O) groups excluding carboxylic acids is 2. The number of anilines is 2. The minimum Gasteiger partial charge on any atom is -0.495 e. The van der Waals surface area contributed by atoms with Crippen LogP contribution in [0, 0.1) is 0 Å². The lowest BCUT2D eigenvalue weighted by Gasteiger charge is -2.36. The van der Waals surface area contributed by atoms with Crippen LogP contribution < -0.4 is 14.5 Å². The maximum atomic E-state index is 12.5. The first-order valence-corrected chi connectivity index (χ1v) is 14.6. The lowest BCUT2D eigenvalue weighted by Crippen LogP contribution is -2.50. The first-order chi connectivity index (χ1) is 19.9. The third-order valence-corrected chi connectivity index (χ3v) is 7.83. The Labute approximate surface area is 256 Å². The number of hydrogen-bond donors (Lipinski definition) is 0. The van der Waals surface area contributed by atoms with Gasteiger partial charge in [0, 0.05) is 57.4 Å². The van der Waals surface area contributed by atoms with Gasteiger partial charge in [-0.15, -0.1) is 0 Å². The summed E-state index contributed by atoms with van der Waals surface area (Å²) in [5.74, 6) is 1.39. The molecule has 5 rings (SSSR count). The first-order valence-electron chi connectivity index (χ1n) is 13.9. The maximum Gasteiger partial charge on any atom is 0.410 e. The molecule has 222 valence electrons. The molecule has 9 nitrogen and oxygen atoms in total. The van der Waals surface area contributed by atoms with E-state index in [0.717, 1.165) is 28.1 Å². The molecule has 1 aromatic heterocycles. The molecule has 2 aliphatic heterocycles. The summed E-state index contributed by atoms with van der Waals surface area (Å²) in [7, 11) is 3.42. The van der Waals surface area contributed by atoms with Crippen LogP contribution in [0.1, 0.15) is 20.8 Å². The van der Waals surface area contributed by atoms with Crippen LogP contribution in [-0.2, 0) is 4.74 Å². The van der Waals surface area contributed by atoms with E-state index >= 15 is 0 Å². The number of pyridine rings is 1. The first kappa shape index (κ1) is 29.8. The van der Waals surface area contributed by atoms with Crippen LogP contribution in [0.4, 0.5) is 21.1 Å². The molecule has 0 atom stereocenters. The summed E-state index contributed by atoms with van der Waals surface area (Å²) in [6.45, 7) is 9.08. The van der Waals surface area contributed by atoms with E-state index in [1.165, 1.54) is 0 Å². The highest BCUT2D eigenvalue weighted by molar-refractivity contribution is 6.34. The number of piperazine rings is 1. The minimum atomic E-state index is -0.539. The Balaban J connectivity index is 1.41. The van der Waals surface area contributed by atoms with Crippen molar-refractivity contribution in [3.05, 3.63) is 58.7 Å². The van der Waals surface area contributed by atoms with Crippen LogP contribution in [0.15, 0.2) is 48.5 Å². The van der Waals surface area contributed by atoms with Crippen LogP contribution in [0.25, 0.3) is 22.3 Å². The molecule has 0 aliphatic carbocycles. The number of urea groups is 1. The number of ether oxygens (including phenoxy) is 2. The van der Waals surface area contributed by atoms with Crippen LogP contribution >= 0.6 is 23.2 Å². The molecule has 2 aliphatic rings. The van der Waals surface area contributed by atoms with Crippen molar-refractivity contribution in [1.82, 2.24) is 14.8 Å². The van der Waals surface area contributed by atoms with Gasteiger partial charge >= 0.3 is 12.1 Å². The Hall–Kier alpha value is -3.69. The normalized spacial score (nSPS) is 15.8. The second-order valence-electron chi connectivity index (χ2n) is 11.4. The van der Waals surface area contributed by atoms with Gasteiger partial charge in [0.2, 0.25) is 0 Å². The smallest absolute Gasteiger partial charge is 0.410 e. The van der Waals surface area contributed by atoms with Crippen molar-refractivity contribution in [2.24, 2.45) is 0 Å². The van der Waals surface area contributed by atoms with Gasteiger partial charge in [0.1, 0.15) is 22.3 Å². The lowest BCUT2D eigenvalue weighted by molar-refractivity contribution is 0.0240. The largest absolute Gasteiger partial charge is 0.495 e. The van der Waals surface area contributed by atoms with Crippen LogP contribution in [-0.4, -0.2) is 85.9 Å². The Kier molecular flexibility index (Phi) is 8.44. The molecule has 0 spiro atoms. The number of hydrogen-bond acceptors (Lipinski definition) is 6. The van der Waals surface area contributed by atoms with E-state index < -0.39 is 5.60 Å². The average Bonchev–Trinajstić information content (AvgIpc) is 3.28. The number of likely N-dealkylation sites (N-methyl/N-ethyl adjacent to an activating group) is 1. The van der Waals surface area contributed by atoms with Crippen molar-refractivity contribution >= 4 is 46.8 Å². The van der Waals surface area contributed by atoms with E-state index in [9.17, 15) is 9.59 Å². The third-order valence-electron chi connectivity index (χ3n) is 7.33. The molecule has 2 fully saturated rings. The van der Waals surface area contributed by atoms with Crippen molar-refractivity contribution in [2.75, 3.05) is 63.2 Å². The number of carbonyl (C=O) groups is 2. The zero-order valence-electron chi connectivity index (χ0n) is 24.5. The van der Waals surface area contributed by atoms with Crippen molar-refractivity contribution in [1.29, 1.82) is 0 Å². The van der Waals surface area contributed by atoms with Gasteiger partial charge in [0.05, 0.1) is 17.8 Å². The zero-order chi connectivity index (χ0) is 30.2.